The molecule has 0 radical (unpaired) electrons. The number of carbonyl (C=O) groups excluding carboxylic acids is 1. The first-order valence-electron chi connectivity index (χ1n) is 5.25. The van der Waals surface area contributed by atoms with Gasteiger partial charge >= 0.3 is 0 Å². The Kier molecular flexibility index (Phi) is 2.54. The summed E-state index contributed by atoms with van der Waals surface area (Å²) in [6.07, 6.45) is 4.29. The Morgan fingerprint density at radius 1 is 1.31 bits per heavy atom. The Labute approximate surface area is 79.7 Å². The summed E-state index contributed by atoms with van der Waals surface area (Å²) < 4.78 is 0. The summed E-state index contributed by atoms with van der Waals surface area (Å²) in [6, 6.07) is 0.508. The lowest BCUT2D eigenvalue weighted by atomic mass is 10.1. The number of hydrogen-bond donors (Lipinski definition) is 0. The Bertz CT molecular complexity index is 205. The monoisotopic (exact) mass is 182 g/mol. The van der Waals surface area contributed by atoms with Crippen molar-refractivity contribution in [2.24, 2.45) is 0 Å². The Hall–Kier alpha value is -0.570. The molecule has 1 amide bonds. The van der Waals surface area contributed by atoms with Crippen molar-refractivity contribution in [2.45, 2.75) is 31.7 Å². The number of amides is 1. The third-order valence-electron chi connectivity index (χ3n) is 3.15. The molecule has 74 valence electrons. The van der Waals surface area contributed by atoms with Crippen molar-refractivity contribution >= 4 is 5.91 Å². The highest BCUT2D eigenvalue weighted by molar-refractivity contribution is 5.78. The van der Waals surface area contributed by atoms with Crippen LogP contribution < -0.4 is 0 Å². The van der Waals surface area contributed by atoms with Gasteiger partial charge in [0.25, 0.3) is 0 Å². The van der Waals surface area contributed by atoms with E-state index in [1.54, 1.807) is 0 Å². The topological polar surface area (TPSA) is 23.6 Å². The molecule has 0 aromatic heterocycles. The summed E-state index contributed by atoms with van der Waals surface area (Å²) in [5.41, 5.74) is 0. The molecule has 3 nitrogen and oxygen atoms in total. The van der Waals surface area contributed by atoms with Crippen LogP contribution in [-0.4, -0.2) is 48.4 Å². The summed E-state index contributed by atoms with van der Waals surface area (Å²) in [5.74, 6) is 0.375. The number of rotatable bonds is 1. The predicted molar refractivity (Wildman–Crippen MR) is 51.5 cm³/mol. The molecule has 0 bridgehead atoms. The van der Waals surface area contributed by atoms with Crippen LogP contribution in [0.3, 0.4) is 0 Å². The second-order valence-corrected chi connectivity index (χ2v) is 4.25. The minimum Gasteiger partial charge on any atom is -0.338 e. The lowest BCUT2D eigenvalue weighted by molar-refractivity contribution is -0.130. The molecule has 2 aliphatic heterocycles. The van der Waals surface area contributed by atoms with Crippen LogP contribution in [0.1, 0.15) is 25.7 Å². The van der Waals surface area contributed by atoms with Gasteiger partial charge in [0.15, 0.2) is 0 Å². The van der Waals surface area contributed by atoms with Crippen LogP contribution in [-0.2, 0) is 4.79 Å². The van der Waals surface area contributed by atoms with Gasteiger partial charge in [0, 0.05) is 25.6 Å². The third kappa shape index (κ3) is 1.85. The van der Waals surface area contributed by atoms with Gasteiger partial charge in [0.05, 0.1) is 0 Å². The molecule has 0 spiro atoms. The second-order valence-electron chi connectivity index (χ2n) is 4.25. The molecule has 2 rings (SSSR count). The van der Waals surface area contributed by atoms with Crippen LogP contribution in [0.5, 0.6) is 0 Å². The van der Waals surface area contributed by atoms with E-state index in [4.69, 9.17) is 0 Å². The van der Waals surface area contributed by atoms with E-state index < -0.39 is 0 Å². The smallest absolute Gasteiger partial charge is 0.222 e. The lowest BCUT2D eigenvalue weighted by Gasteiger charge is -2.35. The normalized spacial score (nSPS) is 31.3. The molecular weight excluding hydrogens is 164 g/mol. The van der Waals surface area contributed by atoms with Gasteiger partial charge < -0.3 is 9.80 Å². The predicted octanol–water partition coefficient (Wildman–Crippen LogP) is 0.703. The molecule has 3 heteroatoms. The van der Waals surface area contributed by atoms with Crippen molar-refractivity contribution in [3.05, 3.63) is 0 Å². The first-order chi connectivity index (χ1) is 6.27. The van der Waals surface area contributed by atoms with Crippen LogP contribution >= 0.6 is 0 Å². The average Bonchev–Trinajstić information content (AvgIpc) is 2.51. The van der Waals surface area contributed by atoms with Crippen LogP contribution in [0.4, 0.5) is 0 Å². The second kappa shape index (κ2) is 3.66. The van der Waals surface area contributed by atoms with Crippen LogP contribution in [0, 0.1) is 0 Å². The van der Waals surface area contributed by atoms with Crippen molar-refractivity contribution in [2.75, 3.05) is 26.7 Å². The van der Waals surface area contributed by atoms with Crippen molar-refractivity contribution in [3.63, 3.8) is 0 Å². The Balaban J connectivity index is 1.95. The van der Waals surface area contributed by atoms with Crippen molar-refractivity contribution in [3.8, 4) is 0 Å². The van der Waals surface area contributed by atoms with Crippen LogP contribution in [0.25, 0.3) is 0 Å². The molecule has 0 aromatic rings. The highest BCUT2D eigenvalue weighted by Gasteiger charge is 2.29. The van der Waals surface area contributed by atoms with Crippen LogP contribution in [0.2, 0.25) is 0 Å². The summed E-state index contributed by atoms with van der Waals surface area (Å²) in [6.45, 7) is 3.27. The van der Waals surface area contributed by atoms with E-state index in [2.05, 4.69) is 16.8 Å². The van der Waals surface area contributed by atoms with E-state index in [1.807, 2.05) is 0 Å². The van der Waals surface area contributed by atoms with Crippen molar-refractivity contribution < 1.29 is 4.79 Å². The molecule has 1 atom stereocenters. The number of likely N-dealkylation sites (tertiary alicyclic amines) is 2. The largest absolute Gasteiger partial charge is 0.338 e. The first-order valence-corrected chi connectivity index (χ1v) is 5.25. The molecule has 2 saturated heterocycles. The minimum atomic E-state index is 0.375. The Morgan fingerprint density at radius 2 is 2.15 bits per heavy atom. The maximum atomic E-state index is 11.5. The fraction of sp³-hybridized carbons (Fsp3) is 0.900. The zero-order chi connectivity index (χ0) is 9.26. The SMILES string of the molecule is CN1CCCC(N2CCCC2=O)C1. The number of hydrogen-bond acceptors (Lipinski definition) is 2. The third-order valence-corrected chi connectivity index (χ3v) is 3.15. The molecular formula is C10H18N2O. The van der Waals surface area contributed by atoms with Gasteiger partial charge in [-0.15, -0.1) is 0 Å². The van der Waals surface area contributed by atoms with Crippen LogP contribution in [0.15, 0.2) is 0 Å². The fourth-order valence-corrected chi connectivity index (χ4v) is 2.45. The number of nitrogens with zero attached hydrogens (tertiary/aromatic N) is 2. The summed E-state index contributed by atoms with van der Waals surface area (Å²) in [7, 11) is 2.15. The lowest BCUT2D eigenvalue weighted by Crippen LogP contribution is -2.47. The quantitative estimate of drug-likeness (QED) is 0.596. The van der Waals surface area contributed by atoms with E-state index in [0.717, 1.165) is 25.9 Å². The fourth-order valence-electron chi connectivity index (χ4n) is 2.45. The number of likely N-dealkylation sites (N-methyl/N-ethyl adjacent to an activating group) is 1. The van der Waals surface area contributed by atoms with E-state index in [9.17, 15) is 4.79 Å². The molecule has 0 aromatic carbocycles. The molecule has 0 saturated carbocycles. The molecule has 13 heavy (non-hydrogen) atoms. The van der Waals surface area contributed by atoms with Gasteiger partial charge in [0.2, 0.25) is 5.91 Å². The average molecular weight is 182 g/mol. The van der Waals surface area contributed by atoms with Gasteiger partial charge in [-0.3, -0.25) is 4.79 Å². The van der Waals surface area contributed by atoms with E-state index in [-0.39, 0.29) is 0 Å². The van der Waals surface area contributed by atoms with E-state index in [1.165, 1.54) is 19.4 Å². The highest BCUT2D eigenvalue weighted by Crippen LogP contribution is 2.20. The molecule has 0 N–H and O–H groups in total. The first kappa shape index (κ1) is 9.00. The molecule has 2 fully saturated rings. The van der Waals surface area contributed by atoms with Crippen molar-refractivity contribution in [1.82, 2.24) is 9.80 Å². The number of piperidine rings is 1. The highest BCUT2D eigenvalue weighted by atomic mass is 16.2. The van der Waals surface area contributed by atoms with Gasteiger partial charge in [0.1, 0.15) is 0 Å². The standard InChI is InChI=1S/C10H18N2O/c1-11-6-2-4-9(8-11)12-7-3-5-10(12)13/h9H,2-8H2,1H3. The van der Waals surface area contributed by atoms with Gasteiger partial charge in [-0.05, 0) is 32.9 Å². The van der Waals surface area contributed by atoms with Gasteiger partial charge in [-0.2, -0.15) is 0 Å². The molecule has 2 heterocycles. The summed E-state index contributed by atoms with van der Waals surface area (Å²) >= 11 is 0. The summed E-state index contributed by atoms with van der Waals surface area (Å²) in [5, 5.41) is 0. The molecule has 0 aliphatic carbocycles. The summed E-state index contributed by atoms with van der Waals surface area (Å²) in [4.78, 5) is 15.9. The maximum absolute atomic E-state index is 11.5. The van der Waals surface area contributed by atoms with E-state index >= 15 is 0 Å². The zero-order valence-corrected chi connectivity index (χ0v) is 8.33. The molecule has 2 aliphatic rings. The Morgan fingerprint density at radius 3 is 2.77 bits per heavy atom. The maximum Gasteiger partial charge on any atom is 0.222 e. The number of carbonyl (C=O) groups is 1. The zero-order valence-electron chi connectivity index (χ0n) is 8.33. The van der Waals surface area contributed by atoms with Crippen molar-refractivity contribution in [1.29, 1.82) is 0 Å². The molecule has 1 unspecified atom stereocenters. The van der Waals surface area contributed by atoms with E-state index in [0.29, 0.717) is 11.9 Å². The van der Waals surface area contributed by atoms with Gasteiger partial charge in [-0.25, -0.2) is 0 Å². The van der Waals surface area contributed by atoms with Gasteiger partial charge in [-0.1, -0.05) is 0 Å². The minimum absolute atomic E-state index is 0.375.